The zero-order chi connectivity index (χ0) is 15.9. The molecule has 6 heteroatoms. The van der Waals surface area contributed by atoms with Crippen LogP contribution in [0.2, 0.25) is 5.15 Å². The minimum absolute atomic E-state index is 0.176. The van der Waals surface area contributed by atoms with Crippen molar-refractivity contribution in [3.05, 3.63) is 53.3 Å². The van der Waals surface area contributed by atoms with Gasteiger partial charge in [-0.25, -0.2) is 9.78 Å². The van der Waals surface area contributed by atoms with Crippen molar-refractivity contribution in [1.29, 1.82) is 0 Å². The van der Waals surface area contributed by atoms with E-state index in [1.807, 2.05) is 24.3 Å². The van der Waals surface area contributed by atoms with Crippen molar-refractivity contribution in [2.24, 2.45) is 0 Å². The van der Waals surface area contributed by atoms with Gasteiger partial charge < -0.3 is 15.0 Å². The van der Waals surface area contributed by atoms with Crippen LogP contribution in [0, 0.1) is 0 Å². The maximum Gasteiger partial charge on any atom is 0.321 e. The molecule has 2 amide bonds. The Morgan fingerprint density at radius 1 is 1.32 bits per heavy atom. The molecule has 0 spiro atoms. The van der Waals surface area contributed by atoms with Gasteiger partial charge in [-0.2, -0.15) is 0 Å². The van der Waals surface area contributed by atoms with E-state index in [4.69, 9.17) is 16.3 Å². The van der Waals surface area contributed by atoms with Crippen LogP contribution in [0.4, 0.5) is 10.5 Å². The lowest BCUT2D eigenvalue weighted by atomic mass is 10.2. The molecule has 1 aromatic heterocycles. The summed E-state index contributed by atoms with van der Waals surface area (Å²) in [6.45, 7) is 0.522. The number of aromatic nitrogens is 1. The fraction of sp³-hybridized carbons (Fsp3) is 0.250. The van der Waals surface area contributed by atoms with E-state index in [1.54, 1.807) is 32.4 Å². The number of anilines is 1. The van der Waals surface area contributed by atoms with Crippen molar-refractivity contribution in [2.45, 2.75) is 6.42 Å². The molecule has 0 bridgehead atoms. The van der Waals surface area contributed by atoms with Crippen LogP contribution >= 0.6 is 11.6 Å². The summed E-state index contributed by atoms with van der Waals surface area (Å²) < 4.78 is 5.70. The molecule has 2 aromatic rings. The number of carbonyl (C=O) groups is 1. The molecule has 1 aromatic carbocycles. The molecule has 0 fully saturated rings. The van der Waals surface area contributed by atoms with E-state index >= 15 is 0 Å². The van der Waals surface area contributed by atoms with E-state index < -0.39 is 0 Å². The quantitative estimate of drug-likeness (QED) is 0.859. The van der Waals surface area contributed by atoms with Gasteiger partial charge in [0.05, 0.1) is 6.61 Å². The lowest BCUT2D eigenvalue weighted by molar-refractivity contribution is 0.230. The third-order valence-electron chi connectivity index (χ3n) is 2.94. The number of pyridine rings is 1. The Bertz CT molecular complexity index is 630. The number of benzene rings is 1. The summed E-state index contributed by atoms with van der Waals surface area (Å²) in [6.07, 6.45) is 2.47. The number of amides is 2. The van der Waals surface area contributed by atoms with Crippen LogP contribution in [-0.4, -0.2) is 36.6 Å². The molecular weight excluding hydrogens is 302 g/mol. The van der Waals surface area contributed by atoms with E-state index in [1.165, 1.54) is 4.90 Å². The minimum atomic E-state index is -0.176. The van der Waals surface area contributed by atoms with Gasteiger partial charge in [0.15, 0.2) is 0 Å². The molecule has 116 valence electrons. The second-order valence-corrected chi connectivity index (χ2v) is 5.33. The van der Waals surface area contributed by atoms with Gasteiger partial charge in [0.2, 0.25) is 0 Å². The van der Waals surface area contributed by atoms with E-state index in [0.29, 0.717) is 23.2 Å². The number of nitrogens with zero attached hydrogens (tertiary/aromatic N) is 2. The highest BCUT2D eigenvalue weighted by Gasteiger charge is 2.04. The van der Waals surface area contributed by atoms with Crippen molar-refractivity contribution in [3.63, 3.8) is 0 Å². The Morgan fingerprint density at radius 2 is 2.14 bits per heavy atom. The van der Waals surface area contributed by atoms with Crippen molar-refractivity contribution < 1.29 is 9.53 Å². The lowest BCUT2D eigenvalue weighted by Gasteiger charge is -2.13. The van der Waals surface area contributed by atoms with E-state index in [0.717, 1.165) is 12.0 Å². The molecule has 2 rings (SSSR count). The van der Waals surface area contributed by atoms with Crippen LogP contribution in [-0.2, 0) is 6.42 Å². The Hall–Kier alpha value is -2.27. The van der Waals surface area contributed by atoms with Gasteiger partial charge in [0, 0.05) is 38.5 Å². The van der Waals surface area contributed by atoms with Gasteiger partial charge in [-0.1, -0.05) is 23.7 Å². The molecular formula is C16H18ClN3O2. The fourth-order valence-electron chi connectivity index (χ4n) is 1.74. The predicted octanol–water partition coefficient (Wildman–Crippen LogP) is 3.45. The van der Waals surface area contributed by atoms with Crippen molar-refractivity contribution in [2.75, 3.05) is 26.0 Å². The maximum absolute atomic E-state index is 11.6. The van der Waals surface area contributed by atoms with Crippen LogP contribution in [0.3, 0.4) is 0 Å². The second kappa shape index (κ2) is 7.66. The van der Waals surface area contributed by atoms with E-state index in [9.17, 15) is 4.79 Å². The van der Waals surface area contributed by atoms with Crippen molar-refractivity contribution >= 4 is 23.3 Å². The number of halogens is 1. The molecule has 22 heavy (non-hydrogen) atoms. The summed E-state index contributed by atoms with van der Waals surface area (Å²) in [5.41, 5.74) is 1.76. The lowest BCUT2D eigenvalue weighted by Crippen LogP contribution is -2.27. The molecule has 0 aliphatic rings. The minimum Gasteiger partial charge on any atom is -0.493 e. The molecule has 0 saturated carbocycles. The van der Waals surface area contributed by atoms with Gasteiger partial charge in [-0.3, -0.25) is 0 Å². The molecule has 0 unspecified atom stereocenters. The summed E-state index contributed by atoms with van der Waals surface area (Å²) in [4.78, 5) is 17.1. The molecule has 0 saturated heterocycles. The van der Waals surface area contributed by atoms with E-state index in [2.05, 4.69) is 10.3 Å². The molecule has 1 heterocycles. The molecule has 1 N–H and O–H groups in total. The molecule has 5 nitrogen and oxygen atoms in total. The normalized spacial score (nSPS) is 10.1. The number of rotatable bonds is 5. The number of hydrogen-bond donors (Lipinski definition) is 1. The summed E-state index contributed by atoms with van der Waals surface area (Å²) in [5, 5.41) is 3.26. The summed E-state index contributed by atoms with van der Waals surface area (Å²) >= 11 is 5.74. The van der Waals surface area contributed by atoms with Gasteiger partial charge in [0.1, 0.15) is 10.9 Å². The largest absolute Gasteiger partial charge is 0.493 e. The highest BCUT2D eigenvalue weighted by molar-refractivity contribution is 6.29. The van der Waals surface area contributed by atoms with Crippen LogP contribution < -0.4 is 10.1 Å². The van der Waals surface area contributed by atoms with Gasteiger partial charge in [0.25, 0.3) is 0 Å². The second-order valence-electron chi connectivity index (χ2n) is 4.94. The van der Waals surface area contributed by atoms with Crippen LogP contribution in [0.15, 0.2) is 42.6 Å². The summed E-state index contributed by atoms with van der Waals surface area (Å²) in [6, 6.07) is 10.8. The first kappa shape index (κ1) is 16.1. The summed E-state index contributed by atoms with van der Waals surface area (Å²) in [7, 11) is 3.38. The van der Waals surface area contributed by atoms with Crippen molar-refractivity contribution in [1.82, 2.24) is 9.88 Å². The third-order valence-corrected chi connectivity index (χ3v) is 3.16. The third kappa shape index (κ3) is 4.93. The zero-order valence-corrected chi connectivity index (χ0v) is 13.3. The van der Waals surface area contributed by atoms with Crippen LogP contribution in [0.25, 0.3) is 0 Å². The smallest absolute Gasteiger partial charge is 0.321 e. The molecule has 0 radical (unpaired) electrons. The zero-order valence-electron chi connectivity index (χ0n) is 12.5. The maximum atomic E-state index is 11.6. The first-order valence-corrected chi connectivity index (χ1v) is 7.24. The number of nitrogens with one attached hydrogen (secondary N) is 1. The fourth-order valence-corrected chi connectivity index (χ4v) is 1.85. The van der Waals surface area contributed by atoms with E-state index in [-0.39, 0.29) is 6.03 Å². The Morgan fingerprint density at radius 3 is 2.82 bits per heavy atom. The van der Waals surface area contributed by atoms with Crippen molar-refractivity contribution in [3.8, 4) is 5.75 Å². The highest BCUT2D eigenvalue weighted by Crippen LogP contribution is 2.18. The summed E-state index contributed by atoms with van der Waals surface area (Å²) in [5.74, 6) is 0.707. The predicted molar refractivity (Wildman–Crippen MR) is 87.6 cm³/mol. The number of ether oxygens (including phenoxy) is 1. The van der Waals surface area contributed by atoms with Crippen LogP contribution in [0.5, 0.6) is 5.75 Å². The Balaban J connectivity index is 1.87. The van der Waals surface area contributed by atoms with Crippen LogP contribution in [0.1, 0.15) is 5.56 Å². The monoisotopic (exact) mass is 319 g/mol. The Labute approximate surface area is 134 Å². The number of hydrogen-bond acceptors (Lipinski definition) is 3. The number of urea groups is 1. The molecule has 0 atom stereocenters. The topological polar surface area (TPSA) is 54.5 Å². The standard InChI is InChI=1S/C16H18ClN3O2/c1-20(2)16(21)19-13-4-3-5-14(10-13)22-9-8-12-6-7-15(17)18-11-12/h3-7,10-11H,8-9H2,1-2H3,(H,19,21). The average Bonchev–Trinajstić information content (AvgIpc) is 2.49. The molecule has 0 aliphatic carbocycles. The Kier molecular flexibility index (Phi) is 5.61. The number of carbonyl (C=O) groups excluding carboxylic acids is 1. The first-order valence-electron chi connectivity index (χ1n) is 6.86. The SMILES string of the molecule is CN(C)C(=O)Nc1cccc(OCCc2ccc(Cl)nc2)c1. The van der Waals surface area contributed by atoms with Gasteiger partial charge >= 0.3 is 6.03 Å². The van der Waals surface area contributed by atoms with Gasteiger partial charge in [-0.15, -0.1) is 0 Å². The first-order chi connectivity index (χ1) is 10.5. The highest BCUT2D eigenvalue weighted by atomic mass is 35.5. The molecule has 0 aliphatic heterocycles. The average molecular weight is 320 g/mol. The van der Waals surface area contributed by atoms with Gasteiger partial charge in [-0.05, 0) is 23.8 Å².